The van der Waals surface area contributed by atoms with Gasteiger partial charge >= 0.3 is 0 Å². The van der Waals surface area contributed by atoms with Crippen molar-refractivity contribution in [1.29, 1.82) is 0 Å². The predicted octanol–water partition coefficient (Wildman–Crippen LogP) is 6.05. The maximum absolute atomic E-state index is 4.93. The molecule has 0 bridgehead atoms. The Morgan fingerprint density at radius 2 is 1.00 bits per heavy atom. The highest BCUT2D eigenvalue weighted by Gasteiger charge is 2.16. The minimum absolute atomic E-state index is 0.594. The summed E-state index contributed by atoms with van der Waals surface area (Å²) in [6.45, 7) is 6.25. The monoisotopic (exact) mass is 390 g/mol. The zero-order valence-electron chi connectivity index (χ0n) is 17.3. The molecule has 0 N–H and O–H groups in total. The Labute approximate surface area is 175 Å². The Morgan fingerprint density at radius 3 is 1.53 bits per heavy atom. The van der Waals surface area contributed by atoms with Crippen molar-refractivity contribution in [3.05, 3.63) is 95.7 Å². The lowest BCUT2D eigenvalue weighted by molar-refractivity contribution is 0.912. The summed E-state index contributed by atoms with van der Waals surface area (Å²) >= 11 is 0. The van der Waals surface area contributed by atoms with Gasteiger partial charge in [-0.05, 0) is 20.8 Å². The normalized spacial score (nSPS) is 11.2. The summed E-state index contributed by atoms with van der Waals surface area (Å²) in [5.41, 5.74) is 9.34. The molecule has 3 aromatic carbocycles. The quantitative estimate of drug-likeness (QED) is 0.377. The van der Waals surface area contributed by atoms with E-state index in [-0.39, 0.29) is 0 Å². The van der Waals surface area contributed by atoms with Gasteiger partial charge in [-0.25, -0.2) is 14.5 Å². The second-order valence-corrected chi connectivity index (χ2v) is 7.78. The summed E-state index contributed by atoms with van der Waals surface area (Å²) in [5.74, 6) is 0.594. The average molecular weight is 390 g/mol. The third-order valence-corrected chi connectivity index (χ3v) is 5.31. The maximum atomic E-state index is 4.93. The molecule has 4 heteroatoms. The van der Waals surface area contributed by atoms with Crippen LogP contribution in [-0.2, 0) is 0 Å². The summed E-state index contributed by atoms with van der Waals surface area (Å²) in [6, 6.07) is 25.1. The van der Waals surface area contributed by atoms with Crippen molar-refractivity contribution in [2.45, 2.75) is 20.8 Å². The molecule has 0 spiro atoms. The summed E-state index contributed by atoms with van der Waals surface area (Å²) < 4.78 is 1.78. The Hall–Kier alpha value is -3.79. The van der Waals surface area contributed by atoms with Gasteiger partial charge in [0.15, 0.2) is 0 Å². The molecule has 0 unspecified atom stereocenters. The van der Waals surface area contributed by atoms with Crippen LogP contribution < -0.4 is 0 Å². The van der Waals surface area contributed by atoms with E-state index in [0.717, 1.165) is 33.8 Å². The summed E-state index contributed by atoms with van der Waals surface area (Å²) in [7, 11) is 0. The lowest BCUT2D eigenvalue weighted by Gasteiger charge is -2.09. The average Bonchev–Trinajstić information content (AvgIpc) is 3.17. The Balaban J connectivity index is 1.72. The fraction of sp³-hybridized carbons (Fsp3) is 0.115. The van der Waals surface area contributed by atoms with E-state index in [1.807, 2.05) is 6.20 Å². The molecule has 0 aliphatic heterocycles. The van der Waals surface area contributed by atoms with Crippen LogP contribution in [0.5, 0.6) is 0 Å². The van der Waals surface area contributed by atoms with Crippen molar-refractivity contribution in [2.24, 2.45) is 0 Å². The molecule has 4 nitrogen and oxygen atoms in total. The van der Waals surface area contributed by atoms with E-state index in [0.29, 0.717) is 5.78 Å². The Bertz CT molecular complexity index is 1250. The van der Waals surface area contributed by atoms with Crippen molar-refractivity contribution in [3.8, 4) is 33.8 Å². The summed E-state index contributed by atoms with van der Waals surface area (Å²) in [6.07, 6.45) is 1.95. The molecule has 0 aliphatic rings. The number of imidazole rings is 1. The predicted molar refractivity (Wildman–Crippen MR) is 121 cm³/mol. The first-order valence-corrected chi connectivity index (χ1v) is 10.1. The van der Waals surface area contributed by atoms with Crippen LogP contribution in [0, 0.1) is 20.8 Å². The van der Waals surface area contributed by atoms with Gasteiger partial charge < -0.3 is 0 Å². The van der Waals surface area contributed by atoms with Gasteiger partial charge in [0.1, 0.15) is 11.4 Å². The second-order valence-electron chi connectivity index (χ2n) is 7.78. The van der Waals surface area contributed by atoms with Gasteiger partial charge in [0.2, 0.25) is 0 Å². The van der Waals surface area contributed by atoms with Gasteiger partial charge in [-0.3, -0.25) is 0 Å². The van der Waals surface area contributed by atoms with Crippen LogP contribution in [0.4, 0.5) is 0 Å². The van der Waals surface area contributed by atoms with E-state index in [1.54, 1.807) is 4.52 Å². The standard InChI is InChI=1S/C26H22N4/c1-17-4-10-20(11-5-17)23-16-30-26(27-23)28-24(21-12-6-18(2)7-13-21)25(29-30)22-14-8-19(3)9-15-22/h4-16H,1-3H3. The van der Waals surface area contributed by atoms with Crippen molar-refractivity contribution < 1.29 is 0 Å². The zero-order valence-corrected chi connectivity index (χ0v) is 17.3. The fourth-order valence-electron chi connectivity index (χ4n) is 3.50. The smallest absolute Gasteiger partial charge is 0.209 e. The van der Waals surface area contributed by atoms with E-state index in [9.17, 15) is 0 Å². The highest BCUT2D eigenvalue weighted by Crippen LogP contribution is 2.30. The number of hydrogen-bond acceptors (Lipinski definition) is 3. The largest absolute Gasteiger partial charge is 0.251 e. The summed E-state index contributed by atoms with van der Waals surface area (Å²) in [5, 5.41) is 4.93. The third-order valence-electron chi connectivity index (χ3n) is 5.31. The van der Waals surface area contributed by atoms with Gasteiger partial charge in [-0.1, -0.05) is 89.5 Å². The molecular formula is C26H22N4. The molecule has 2 heterocycles. The molecule has 0 saturated carbocycles. The number of fused-ring (bicyclic) bond motifs is 1. The van der Waals surface area contributed by atoms with Crippen LogP contribution in [0.25, 0.3) is 39.5 Å². The van der Waals surface area contributed by atoms with Crippen LogP contribution in [0.3, 0.4) is 0 Å². The topological polar surface area (TPSA) is 43.1 Å². The van der Waals surface area contributed by atoms with Gasteiger partial charge in [0, 0.05) is 16.7 Å². The number of hydrogen-bond donors (Lipinski definition) is 0. The molecule has 0 amide bonds. The Morgan fingerprint density at radius 1 is 0.533 bits per heavy atom. The van der Waals surface area contributed by atoms with E-state index in [4.69, 9.17) is 15.1 Å². The molecule has 30 heavy (non-hydrogen) atoms. The third kappa shape index (κ3) is 3.37. The number of aromatic nitrogens is 4. The zero-order chi connectivity index (χ0) is 20.7. The second kappa shape index (κ2) is 7.23. The van der Waals surface area contributed by atoms with Gasteiger partial charge in [0.05, 0.1) is 11.9 Å². The van der Waals surface area contributed by atoms with Crippen LogP contribution in [0.2, 0.25) is 0 Å². The van der Waals surface area contributed by atoms with Crippen LogP contribution in [0.1, 0.15) is 16.7 Å². The van der Waals surface area contributed by atoms with E-state index in [1.165, 1.54) is 16.7 Å². The molecule has 0 aliphatic carbocycles. The number of aryl methyl sites for hydroxylation is 3. The lowest BCUT2D eigenvalue weighted by Crippen LogP contribution is -2.01. The Kier molecular flexibility index (Phi) is 4.40. The van der Waals surface area contributed by atoms with Crippen LogP contribution in [-0.4, -0.2) is 19.6 Å². The molecule has 2 aromatic heterocycles. The van der Waals surface area contributed by atoms with Gasteiger partial charge in [0.25, 0.3) is 5.78 Å². The van der Waals surface area contributed by atoms with Crippen molar-refractivity contribution in [3.63, 3.8) is 0 Å². The minimum Gasteiger partial charge on any atom is -0.209 e. The van der Waals surface area contributed by atoms with Crippen molar-refractivity contribution >= 4 is 5.78 Å². The lowest BCUT2D eigenvalue weighted by atomic mass is 10.0. The summed E-state index contributed by atoms with van der Waals surface area (Å²) in [4.78, 5) is 9.68. The highest BCUT2D eigenvalue weighted by atomic mass is 15.3. The SMILES string of the molecule is Cc1ccc(-c2cn3nc(-c4ccc(C)cc4)c(-c4ccc(C)cc4)nc3n2)cc1. The first-order valence-electron chi connectivity index (χ1n) is 10.1. The molecule has 0 fully saturated rings. The number of nitrogens with zero attached hydrogens (tertiary/aromatic N) is 4. The molecule has 0 saturated heterocycles. The van der Waals surface area contributed by atoms with E-state index in [2.05, 4.69) is 93.6 Å². The fourth-order valence-corrected chi connectivity index (χ4v) is 3.50. The molecule has 0 atom stereocenters. The van der Waals surface area contributed by atoms with Crippen LogP contribution in [0.15, 0.2) is 79.0 Å². The molecular weight excluding hydrogens is 368 g/mol. The van der Waals surface area contributed by atoms with Crippen molar-refractivity contribution in [1.82, 2.24) is 19.6 Å². The molecule has 0 radical (unpaired) electrons. The maximum Gasteiger partial charge on any atom is 0.251 e. The van der Waals surface area contributed by atoms with Crippen molar-refractivity contribution in [2.75, 3.05) is 0 Å². The van der Waals surface area contributed by atoms with Gasteiger partial charge in [-0.15, -0.1) is 0 Å². The molecule has 5 rings (SSSR count). The first-order chi connectivity index (χ1) is 14.6. The minimum atomic E-state index is 0.594. The number of benzene rings is 3. The molecule has 5 aromatic rings. The van der Waals surface area contributed by atoms with Gasteiger partial charge in [-0.2, -0.15) is 5.10 Å². The van der Waals surface area contributed by atoms with E-state index < -0.39 is 0 Å². The van der Waals surface area contributed by atoms with Crippen LogP contribution >= 0.6 is 0 Å². The first kappa shape index (κ1) is 18.3. The van der Waals surface area contributed by atoms with E-state index >= 15 is 0 Å². The number of rotatable bonds is 3. The molecule has 146 valence electrons. The highest BCUT2D eigenvalue weighted by molar-refractivity contribution is 5.79.